The van der Waals surface area contributed by atoms with Crippen LogP contribution in [0.5, 0.6) is 0 Å². The van der Waals surface area contributed by atoms with Crippen LogP contribution in [0.15, 0.2) is 4.99 Å². The number of nitrogens with one attached hydrogen (secondary N) is 2. The van der Waals surface area contributed by atoms with Crippen LogP contribution in [-0.4, -0.2) is 95.2 Å². The number of carboxylic acid groups (broad SMARTS) is 1. The summed E-state index contributed by atoms with van der Waals surface area (Å²) < 4.78 is 0. The number of carbonyl (C=O) groups is 4. The smallest absolute Gasteiger partial charge is 0.326 e. The number of nitrogens with zero attached hydrogens (tertiary/aromatic N) is 2. The highest BCUT2D eigenvalue weighted by atomic mass is 16.4. The molecule has 1 heterocycles. The van der Waals surface area contributed by atoms with Crippen LogP contribution in [0.25, 0.3) is 0 Å². The van der Waals surface area contributed by atoms with E-state index in [2.05, 4.69) is 15.6 Å². The molecule has 14 nitrogen and oxygen atoms in total. The van der Waals surface area contributed by atoms with Crippen molar-refractivity contribution in [2.45, 2.75) is 69.1 Å². The first-order valence-electron chi connectivity index (χ1n) is 11.4. The normalized spacial score (nSPS) is 18.0. The van der Waals surface area contributed by atoms with E-state index < -0.39 is 54.5 Å². The lowest BCUT2D eigenvalue weighted by Crippen LogP contribution is -2.57. The van der Waals surface area contributed by atoms with Crippen LogP contribution < -0.4 is 33.6 Å². The van der Waals surface area contributed by atoms with Crippen molar-refractivity contribution >= 4 is 29.7 Å². The molecular formula is C20H38N8O6. The Balaban J connectivity index is 2.99. The topological polar surface area (TPSA) is 252 Å². The fourth-order valence-electron chi connectivity index (χ4n) is 3.64. The zero-order valence-corrected chi connectivity index (χ0v) is 19.3. The third-order valence-corrected chi connectivity index (χ3v) is 5.49. The van der Waals surface area contributed by atoms with Gasteiger partial charge in [0.1, 0.15) is 24.2 Å². The second-order valence-electron chi connectivity index (χ2n) is 8.17. The number of amides is 3. The molecule has 1 fully saturated rings. The largest absolute Gasteiger partial charge is 0.480 e. The van der Waals surface area contributed by atoms with Crippen LogP contribution in [0.3, 0.4) is 0 Å². The van der Waals surface area contributed by atoms with Gasteiger partial charge in [-0.1, -0.05) is 0 Å². The number of rotatable bonds is 15. The third kappa shape index (κ3) is 9.49. The Kier molecular flexibility index (Phi) is 12.8. The molecule has 1 aliphatic heterocycles. The lowest BCUT2D eigenvalue weighted by Gasteiger charge is -2.29. The molecule has 34 heavy (non-hydrogen) atoms. The molecule has 1 saturated heterocycles. The second kappa shape index (κ2) is 15.0. The number of aliphatic carboxylic acids is 1. The van der Waals surface area contributed by atoms with E-state index in [0.29, 0.717) is 38.6 Å². The van der Waals surface area contributed by atoms with Gasteiger partial charge in [0, 0.05) is 13.1 Å². The summed E-state index contributed by atoms with van der Waals surface area (Å²) in [5, 5.41) is 23.7. The quantitative estimate of drug-likeness (QED) is 0.0644. The number of likely N-dealkylation sites (tertiary alicyclic amines) is 1. The summed E-state index contributed by atoms with van der Waals surface area (Å²) in [4.78, 5) is 55.1. The van der Waals surface area contributed by atoms with Crippen LogP contribution in [-0.2, 0) is 19.2 Å². The summed E-state index contributed by atoms with van der Waals surface area (Å²) in [7, 11) is 0. The van der Waals surface area contributed by atoms with Gasteiger partial charge < -0.3 is 48.7 Å². The molecule has 0 saturated carbocycles. The predicted molar refractivity (Wildman–Crippen MR) is 124 cm³/mol. The predicted octanol–water partition coefficient (Wildman–Crippen LogP) is -3.47. The number of nitrogens with two attached hydrogens (primary N) is 4. The minimum Gasteiger partial charge on any atom is -0.480 e. The molecule has 4 unspecified atom stereocenters. The first-order chi connectivity index (χ1) is 16.1. The lowest BCUT2D eigenvalue weighted by molar-refractivity contribution is -0.149. The van der Waals surface area contributed by atoms with Crippen LogP contribution in [0.4, 0.5) is 0 Å². The van der Waals surface area contributed by atoms with Crippen molar-refractivity contribution in [3.63, 3.8) is 0 Å². The van der Waals surface area contributed by atoms with E-state index in [1.807, 2.05) is 0 Å². The number of unbranched alkanes of at least 4 members (excludes halogenated alkanes) is 1. The van der Waals surface area contributed by atoms with Gasteiger partial charge in [0.05, 0.1) is 6.61 Å². The lowest BCUT2D eigenvalue weighted by atomic mass is 10.0. The van der Waals surface area contributed by atoms with E-state index in [1.165, 1.54) is 4.90 Å². The zero-order valence-electron chi connectivity index (χ0n) is 19.3. The molecule has 0 radical (unpaired) electrons. The maximum absolute atomic E-state index is 13.2. The molecule has 12 N–H and O–H groups in total. The van der Waals surface area contributed by atoms with Crippen molar-refractivity contribution in [3.8, 4) is 0 Å². The van der Waals surface area contributed by atoms with Crippen molar-refractivity contribution in [1.29, 1.82) is 0 Å². The van der Waals surface area contributed by atoms with E-state index in [9.17, 15) is 24.3 Å². The molecule has 1 rings (SSSR count). The number of hydrogen-bond donors (Lipinski definition) is 8. The average Bonchev–Trinajstić information content (AvgIpc) is 3.29. The first kappa shape index (κ1) is 29.1. The summed E-state index contributed by atoms with van der Waals surface area (Å²) in [5.41, 5.74) is 21.7. The molecule has 0 aliphatic carbocycles. The van der Waals surface area contributed by atoms with Crippen LogP contribution >= 0.6 is 0 Å². The molecule has 0 aromatic rings. The fourth-order valence-corrected chi connectivity index (χ4v) is 3.64. The summed E-state index contributed by atoms with van der Waals surface area (Å²) in [6.45, 7) is 0.281. The summed E-state index contributed by atoms with van der Waals surface area (Å²) >= 11 is 0. The molecule has 194 valence electrons. The number of aliphatic imine (C=N–C) groups is 1. The van der Waals surface area contributed by atoms with Crippen molar-refractivity contribution in [2.24, 2.45) is 27.9 Å². The maximum Gasteiger partial charge on any atom is 0.326 e. The molecule has 0 spiro atoms. The van der Waals surface area contributed by atoms with Gasteiger partial charge >= 0.3 is 5.97 Å². The number of hydrogen-bond acceptors (Lipinski definition) is 8. The van der Waals surface area contributed by atoms with E-state index >= 15 is 0 Å². The Morgan fingerprint density at radius 2 is 1.68 bits per heavy atom. The molecule has 14 heteroatoms. The van der Waals surface area contributed by atoms with E-state index in [1.54, 1.807) is 0 Å². The van der Waals surface area contributed by atoms with Crippen LogP contribution in [0.1, 0.15) is 44.9 Å². The molecule has 1 aliphatic rings. The number of guanidine groups is 1. The third-order valence-electron chi connectivity index (χ3n) is 5.49. The van der Waals surface area contributed by atoms with Gasteiger partial charge in [0.2, 0.25) is 17.7 Å². The van der Waals surface area contributed by atoms with Crippen molar-refractivity contribution in [3.05, 3.63) is 0 Å². The minimum absolute atomic E-state index is 0.114. The molecule has 0 aromatic carbocycles. The van der Waals surface area contributed by atoms with E-state index in [0.717, 1.165) is 0 Å². The highest BCUT2D eigenvalue weighted by molar-refractivity contribution is 5.94. The fraction of sp³-hybridized carbons (Fsp3) is 0.750. The zero-order chi connectivity index (χ0) is 25.7. The Labute approximate surface area is 198 Å². The van der Waals surface area contributed by atoms with Gasteiger partial charge in [0.15, 0.2) is 5.96 Å². The molecule has 0 bridgehead atoms. The van der Waals surface area contributed by atoms with Gasteiger partial charge in [-0.05, 0) is 51.5 Å². The molecule has 3 amide bonds. The van der Waals surface area contributed by atoms with Gasteiger partial charge in [-0.3, -0.25) is 19.4 Å². The highest BCUT2D eigenvalue weighted by Gasteiger charge is 2.38. The Morgan fingerprint density at radius 3 is 2.26 bits per heavy atom. The van der Waals surface area contributed by atoms with Crippen LogP contribution in [0, 0.1) is 0 Å². The Morgan fingerprint density at radius 1 is 1.03 bits per heavy atom. The number of aliphatic hydroxyl groups is 1. The summed E-state index contributed by atoms with van der Waals surface area (Å²) in [5.74, 6) is -3.08. The highest BCUT2D eigenvalue weighted by Crippen LogP contribution is 2.20. The van der Waals surface area contributed by atoms with Gasteiger partial charge in [-0.25, -0.2) is 4.79 Å². The molecular weight excluding hydrogens is 448 g/mol. The first-order valence-corrected chi connectivity index (χ1v) is 11.4. The van der Waals surface area contributed by atoms with Crippen molar-refractivity contribution < 1.29 is 29.4 Å². The molecule has 0 aromatic heterocycles. The van der Waals surface area contributed by atoms with Gasteiger partial charge in [0.25, 0.3) is 0 Å². The van der Waals surface area contributed by atoms with E-state index in [4.69, 9.17) is 28.0 Å². The summed E-state index contributed by atoms with van der Waals surface area (Å²) in [6.07, 6.45) is 2.78. The van der Waals surface area contributed by atoms with Gasteiger partial charge in [-0.15, -0.1) is 0 Å². The van der Waals surface area contributed by atoms with Crippen molar-refractivity contribution in [2.75, 3.05) is 26.2 Å². The van der Waals surface area contributed by atoms with Crippen molar-refractivity contribution in [1.82, 2.24) is 15.5 Å². The number of aliphatic hydroxyl groups excluding tert-OH is 1. The second-order valence-corrected chi connectivity index (χ2v) is 8.17. The monoisotopic (exact) mass is 486 g/mol. The minimum atomic E-state index is -1.23. The average molecular weight is 487 g/mol. The SMILES string of the molecule is NCCCCC(NC(=O)C(CCCN=C(N)N)NC(=O)C(N)CO)C(=O)N1CCCC1C(=O)O. The maximum atomic E-state index is 13.2. The Hall–Kier alpha value is -2.97. The van der Waals surface area contributed by atoms with Gasteiger partial charge in [-0.2, -0.15) is 0 Å². The standard InChI is InChI=1S/C20H38N8O6/c21-8-2-1-5-14(18(32)28-10-4-7-15(28)19(33)34)27-17(31)13(6-3-9-25-20(23)24)26-16(30)12(22)11-29/h12-15,29H,1-11,21-22H2,(H,26,30)(H,27,31)(H,33,34)(H4,23,24,25). The molecule has 4 atom stereocenters. The number of carboxylic acids is 1. The Bertz CT molecular complexity index is 730. The van der Waals surface area contributed by atoms with Crippen LogP contribution in [0.2, 0.25) is 0 Å². The van der Waals surface area contributed by atoms with E-state index in [-0.39, 0.29) is 31.9 Å². The number of carbonyl (C=O) groups excluding carboxylic acids is 3. The summed E-state index contributed by atoms with van der Waals surface area (Å²) in [6, 6.07) is -4.23.